The van der Waals surface area contributed by atoms with Crippen LogP contribution in [0.3, 0.4) is 0 Å². The number of rotatable bonds is 8. The summed E-state index contributed by atoms with van der Waals surface area (Å²) in [4.78, 5) is 27.2. The molecule has 0 bridgehead atoms. The second-order valence-corrected chi connectivity index (χ2v) is 8.29. The van der Waals surface area contributed by atoms with Crippen molar-refractivity contribution in [3.8, 4) is 5.75 Å². The zero-order valence-corrected chi connectivity index (χ0v) is 19.5. The van der Waals surface area contributed by atoms with E-state index in [2.05, 4.69) is 0 Å². The first-order chi connectivity index (χ1) is 16.9. The summed E-state index contributed by atoms with van der Waals surface area (Å²) in [6.07, 6.45) is 0. The standard InChI is InChI=1S/C28H26FNO5/c1-18-16-22(35-17-19-6-4-3-5-7-19)12-13-23(18)26(31)24-25(20-8-10-21(29)11-9-20)30(14-15-34-2)28(33)27(24)32/h3-13,16,25,31H,14-15,17H2,1-2H3/b26-24+/t25-/m1/s1. The molecular weight excluding hydrogens is 449 g/mol. The van der Waals surface area contributed by atoms with E-state index >= 15 is 0 Å². The Morgan fingerprint density at radius 1 is 1.03 bits per heavy atom. The topological polar surface area (TPSA) is 76.1 Å². The fourth-order valence-corrected chi connectivity index (χ4v) is 4.17. The zero-order valence-electron chi connectivity index (χ0n) is 19.5. The van der Waals surface area contributed by atoms with E-state index in [0.29, 0.717) is 29.0 Å². The Bertz CT molecular complexity index is 1250. The molecule has 1 atom stereocenters. The van der Waals surface area contributed by atoms with Crippen LogP contribution >= 0.6 is 0 Å². The molecule has 1 fully saturated rings. The van der Waals surface area contributed by atoms with E-state index < -0.39 is 23.5 Å². The first-order valence-corrected chi connectivity index (χ1v) is 11.2. The minimum absolute atomic E-state index is 0.0428. The number of Topliss-reactive ketones (excluding diaryl/α,β-unsaturated/α-hetero) is 1. The van der Waals surface area contributed by atoms with E-state index in [1.165, 1.54) is 36.3 Å². The van der Waals surface area contributed by atoms with E-state index in [1.54, 1.807) is 25.1 Å². The molecule has 1 aliphatic heterocycles. The van der Waals surface area contributed by atoms with E-state index in [4.69, 9.17) is 9.47 Å². The molecule has 1 N–H and O–H groups in total. The van der Waals surface area contributed by atoms with E-state index in [0.717, 1.165) is 5.56 Å². The Kier molecular flexibility index (Phi) is 7.27. The first-order valence-electron chi connectivity index (χ1n) is 11.2. The highest BCUT2D eigenvalue weighted by atomic mass is 19.1. The van der Waals surface area contributed by atoms with Crippen LogP contribution < -0.4 is 4.74 Å². The number of likely N-dealkylation sites (tertiary alicyclic amines) is 1. The van der Waals surface area contributed by atoms with Crippen molar-refractivity contribution in [2.24, 2.45) is 0 Å². The van der Waals surface area contributed by atoms with Crippen LogP contribution in [-0.4, -0.2) is 42.0 Å². The molecule has 0 unspecified atom stereocenters. The molecule has 0 saturated carbocycles. The van der Waals surface area contributed by atoms with Crippen LogP contribution in [0.5, 0.6) is 5.75 Å². The predicted octanol–water partition coefficient (Wildman–Crippen LogP) is 4.78. The average Bonchev–Trinajstić information content (AvgIpc) is 3.12. The lowest BCUT2D eigenvalue weighted by Crippen LogP contribution is -2.32. The Balaban J connectivity index is 1.70. The predicted molar refractivity (Wildman–Crippen MR) is 129 cm³/mol. The van der Waals surface area contributed by atoms with Gasteiger partial charge < -0.3 is 19.5 Å². The van der Waals surface area contributed by atoms with Gasteiger partial charge in [0, 0.05) is 19.2 Å². The maximum atomic E-state index is 13.6. The number of carbonyl (C=O) groups excluding carboxylic acids is 2. The van der Waals surface area contributed by atoms with Crippen molar-refractivity contribution < 1.29 is 28.6 Å². The van der Waals surface area contributed by atoms with Crippen molar-refractivity contribution in [2.75, 3.05) is 20.3 Å². The average molecular weight is 476 g/mol. The van der Waals surface area contributed by atoms with Gasteiger partial charge in [-0.3, -0.25) is 9.59 Å². The lowest BCUT2D eigenvalue weighted by Gasteiger charge is -2.25. The van der Waals surface area contributed by atoms with Crippen molar-refractivity contribution in [1.29, 1.82) is 0 Å². The fourth-order valence-electron chi connectivity index (χ4n) is 4.17. The molecule has 0 aliphatic carbocycles. The summed E-state index contributed by atoms with van der Waals surface area (Å²) in [5.74, 6) is -1.65. The molecule has 1 aliphatic rings. The van der Waals surface area contributed by atoms with Gasteiger partial charge in [-0.25, -0.2) is 4.39 Å². The number of hydrogen-bond acceptors (Lipinski definition) is 5. The number of aryl methyl sites for hydroxylation is 1. The van der Waals surface area contributed by atoms with Gasteiger partial charge in [0.1, 0.15) is 23.9 Å². The molecule has 1 saturated heterocycles. The molecular formula is C28H26FNO5. The molecule has 1 amide bonds. The van der Waals surface area contributed by atoms with Gasteiger partial charge in [-0.05, 0) is 53.9 Å². The van der Waals surface area contributed by atoms with Gasteiger partial charge in [-0.15, -0.1) is 0 Å². The number of halogens is 1. The number of ether oxygens (including phenoxy) is 2. The summed E-state index contributed by atoms with van der Waals surface area (Å²) in [5.41, 5.74) is 2.58. The van der Waals surface area contributed by atoms with Gasteiger partial charge >= 0.3 is 0 Å². The maximum Gasteiger partial charge on any atom is 0.295 e. The summed E-state index contributed by atoms with van der Waals surface area (Å²) in [6.45, 7) is 2.53. The fraction of sp³-hybridized carbons (Fsp3) is 0.214. The molecule has 3 aromatic rings. The zero-order chi connectivity index (χ0) is 24.9. The lowest BCUT2D eigenvalue weighted by atomic mass is 9.94. The quantitative estimate of drug-likeness (QED) is 0.288. The number of ketones is 1. The summed E-state index contributed by atoms with van der Waals surface area (Å²) < 4.78 is 24.5. The van der Waals surface area contributed by atoms with Gasteiger partial charge in [0.05, 0.1) is 18.2 Å². The van der Waals surface area contributed by atoms with Crippen LogP contribution in [0, 0.1) is 12.7 Å². The maximum absolute atomic E-state index is 13.6. The van der Waals surface area contributed by atoms with Crippen molar-refractivity contribution in [2.45, 2.75) is 19.6 Å². The molecule has 0 radical (unpaired) electrons. The van der Waals surface area contributed by atoms with Crippen molar-refractivity contribution in [1.82, 2.24) is 4.90 Å². The van der Waals surface area contributed by atoms with Gasteiger partial charge in [-0.1, -0.05) is 42.5 Å². The van der Waals surface area contributed by atoms with Crippen LogP contribution in [-0.2, 0) is 20.9 Å². The summed E-state index contributed by atoms with van der Waals surface area (Å²) in [7, 11) is 1.49. The van der Waals surface area contributed by atoms with E-state index in [9.17, 15) is 19.1 Å². The monoisotopic (exact) mass is 475 g/mol. The molecule has 35 heavy (non-hydrogen) atoms. The van der Waals surface area contributed by atoms with Crippen LogP contribution in [0.4, 0.5) is 4.39 Å². The third-order valence-corrected chi connectivity index (χ3v) is 5.96. The molecule has 0 aromatic heterocycles. The van der Waals surface area contributed by atoms with Gasteiger partial charge in [0.25, 0.3) is 11.7 Å². The van der Waals surface area contributed by atoms with Gasteiger partial charge in [0.15, 0.2) is 0 Å². The smallest absolute Gasteiger partial charge is 0.295 e. The van der Waals surface area contributed by atoms with Gasteiger partial charge in [0.2, 0.25) is 0 Å². The highest BCUT2D eigenvalue weighted by Crippen LogP contribution is 2.40. The molecule has 3 aromatic carbocycles. The molecule has 4 rings (SSSR count). The van der Waals surface area contributed by atoms with Crippen LogP contribution in [0.25, 0.3) is 5.76 Å². The van der Waals surface area contributed by atoms with Gasteiger partial charge in [-0.2, -0.15) is 0 Å². The molecule has 180 valence electrons. The number of aliphatic hydroxyl groups excluding tert-OH is 1. The number of hydrogen-bond donors (Lipinski definition) is 1. The molecule has 0 spiro atoms. The third kappa shape index (κ3) is 5.10. The number of nitrogens with zero attached hydrogens (tertiary/aromatic N) is 1. The number of methoxy groups -OCH3 is 1. The minimum atomic E-state index is -0.862. The number of amides is 1. The van der Waals surface area contributed by atoms with Crippen molar-refractivity contribution in [3.63, 3.8) is 0 Å². The molecule has 1 heterocycles. The SMILES string of the molecule is COCCN1C(=O)C(=O)/C(=C(/O)c2ccc(OCc3ccccc3)cc2C)[C@H]1c1ccc(F)cc1. The second kappa shape index (κ2) is 10.5. The number of carbonyl (C=O) groups is 2. The normalized spacial score (nSPS) is 17.1. The van der Waals surface area contributed by atoms with Crippen LogP contribution in [0.15, 0.2) is 78.4 Å². The number of aliphatic hydroxyl groups is 1. The Morgan fingerprint density at radius 3 is 2.40 bits per heavy atom. The molecule has 6 nitrogen and oxygen atoms in total. The minimum Gasteiger partial charge on any atom is -0.507 e. The Labute approximate surface area is 203 Å². The highest BCUT2D eigenvalue weighted by molar-refractivity contribution is 6.46. The van der Waals surface area contributed by atoms with Crippen LogP contribution in [0.2, 0.25) is 0 Å². The Hall–Kier alpha value is -3.97. The van der Waals surface area contributed by atoms with Crippen LogP contribution in [0.1, 0.15) is 28.3 Å². The van der Waals surface area contributed by atoms with E-state index in [-0.39, 0.29) is 24.5 Å². The third-order valence-electron chi connectivity index (χ3n) is 5.96. The number of benzene rings is 3. The second-order valence-electron chi connectivity index (χ2n) is 8.29. The Morgan fingerprint density at radius 2 is 1.74 bits per heavy atom. The highest BCUT2D eigenvalue weighted by Gasteiger charge is 2.46. The largest absolute Gasteiger partial charge is 0.507 e. The lowest BCUT2D eigenvalue weighted by molar-refractivity contribution is -0.140. The molecule has 7 heteroatoms. The van der Waals surface area contributed by atoms with Crippen molar-refractivity contribution >= 4 is 17.4 Å². The summed E-state index contributed by atoms with van der Waals surface area (Å²) in [6, 6.07) is 19.5. The van der Waals surface area contributed by atoms with E-state index in [1.807, 2.05) is 30.3 Å². The first kappa shape index (κ1) is 24.2. The summed E-state index contributed by atoms with van der Waals surface area (Å²) >= 11 is 0. The summed E-state index contributed by atoms with van der Waals surface area (Å²) in [5, 5.41) is 11.3. The van der Waals surface area contributed by atoms with Crippen molar-refractivity contribution in [3.05, 3.63) is 106 Å².